The molecule has 0 saturated heterocycles. The van der Waals surface area contributed by atoms with Crippen LogP contribution in [0.3, 0.4) is 0 Å². The SMILES string of the molecule is c1ccc(-n2c3ccccc3c3ccc(Oc4cccc(-n5cc(-n6c7ccccc7c7ccccc76)cn5)c4)cc32)nc1. The molecule has 44 heavy (non-hydrogen) atoms. The Bertz CT molecular complexity index is 2430. The summed E-state index contributed by atoms with van der Waals surface area (Å²) < 4.78 is 12.8. The Morgan fingerprint density at radius 2 is 1.11 bits per heavy atom. The van der Waals surface area contributed by atoms with Gasteiger partial charge in [0.2, 0.25) is 0 Å². The molecule has 0 N–H and O–H groups in total. The number of fused-ring (bicyclic) bond motifs is 6. The van der Waals surface area contributed by atoms with Gasteiger partial charge in [0, 0.05) is 39.9 Å². The van der Waals surface area contributed by atoms with E-state index in [2.05, 4.69) is 105 Å². The smallest absolute Gasteiger partial charge is 0.137 e. The molecule has 0 saturated carbocycles. The molecule has 9 aromatic rings. The number of rotatable bonds is 5. The Labute approximate surface area is 252 Å². The first-order valence-electron chi connectivity index (χ1n) is 14.6. The lowest BCUT2D eigenvalue weighted by molar-refractivity contribution is 0.483. The normalized spacial score (nSPS) is 11.6. The van der Waals surface area contributed by atoms with E-state index in [1.54, 1.807) is 0 Å². The Kier molecular flexibility index (Phi) is 5.40. The molecule has 5 aromatic carbocycles. The van der Waals surface area contributed by atoms with Crippen molar-refractivity contribution in [1.82, 2.24) is 23.9 Å². The average Bonchev–Trinajstić information content (AvgIpc) is 3.78. The predicted octanol–water partition coefficient (Wildman–Crippen LogP) is 9.25. The van der Waals surface area contributed by atoms with Crippen molar-refractivity contribution in [2.45, 2.75) is 0 Å². The minimum atomic E-state index is 0.733. The van der Waals surface area contributed by atoms with Gasteiger partial charge in [0.25, 0.3) is 0 Å². The molecular formula is C38H25N5O. The minimum Gasteiger partial charge on any atom is -0.457 e. The predicted molar refractivity (Wildman–Crippen MR) is 177 cm³/mol. The molecule has 0 radical (unpaired) electrons. The van der Waals surface area contributed by atoms with Crippen LogP contribution in [-0.4, -0.2) is 23.9 Å². The summed E-state index contributed by atoms with van der Waals surface area (Å²) >= 11 is 0. The number of nitrogens with zero attached hydrogens (tertiary/aromatic N) is 5. The van der Waals surface area contributed by atoms with Gasteiger partial charge in [-0.2, -0.15) is 5.10 Å². The molecule has 0 spiro atoms. The van der Waals surface area contributed by atoms with Crippen LogP contribution < -0.4 is 4.74 Å². The third-order valence-electron chi connectivity index (χ3n) is 8.25. The maximum atomic E-state index is 6.45. The van der Waals surface area contributed by atoms with E-state index in [1.807, 2.05) is 65.6 Å². The van der Waals surface area contributed by atoms with Crippen LogP contribution in [0, 0.1) is 0 Å². The summed E-state index contributed by atoms with van der Waals surface area (Å²) in [6, 6.07) is 45.6. The molecule has 9 rings (SSSR count). The number of benzene rings is 5. The van der Waals surface area contributed by atoms with Crippen LogP contribution in [0.15, 0.2) is 152 Å². The van der Waals surface area contributed by atoms with E-state index in [0.717, 1.165) is 56.1 Å². The van der Waals surface area contributed by atoms with Gasteiger partial charge in [-0.15, -0.1) is 0 Å². The Balaban J connectivity index is 1.09. The molecule has 0 unspecified atom stereocenters. The first-order chi connectivity index (χ1) is 21.8. The van der Waals surface area contributed by atoms with Gasteiger partial charge in [-0.3, -0.25) is 4.57 Å². The lowest BCUT2D eigenvalue weighted by atomic mass is 10.1. The van der Waals surface area contributed by atoms with Gasteiger partial charge in [0.05, 0.1) is 45.8 Å². The molecule has 0 atom stereocenters. The molecular weight excluding hydrogens is 542 g/mol. The average molecular weight is 568 g/mol. The van der Waals surface area contributed by atoms with Gasteiger partial charge in [-0.1, -0.05) is 66.7 Å². The second-order valence-corrected chi connectivity index (χ2v) is 10.8. The fourth-order valence-corrected chi connectivity index (χ4v) is 6.34. The first kappa shape index (κ1) is 24.5. The van der Waals surface area contributed by atoms with Crippen molar-refractivity contribution < 1.29 is 4.74 Å². The van der Waals surface area contributed by atoms with E-state index in [4.69, 9.17) is 9.84 Å². The second kappa shape index (κ2) is 9.71. The zero-order chi connectivity index (χ0) is 29.0. The highest BCUT2D eigenvalue weighted by molar-refractivity contribution is 6.10. The maximum Gasteiger partial charge on any atom is 0.137 e. The Morgan fingerprint density at radius 3 is 1.82 bits per heavy atom. The topological polar surface area (TPSA) is 49.8 Å². The van der Waals surface area contributed by atoms with Crippen molar-refractivity contribution in [3.63, 3.8) is 0 Å². The summed E-state index contributed by atoms with van der Waals surface area (Å²) in [6.45, 7) is 0. The molecule has 4 aromatic heterocycles. The molecule has 0 amide bonds. The van der Waals surface area contributed by atoms with Gasteiger partial charge >= 0.3 is 0 Å². The zero-order valence-corrected chi connectivity index (χ0v) is 23.6. The third-order valence-corrected chi connectivity index (χ3v) is 8.25. The lowest BCUT2D eigenvalue weighted by Gasteiger charge is -2.10. The fraction of sp³-hybridized carbons (Fsp3) is 0. The number of ether oxygens (including phenoxy) is 1. The monoisotopic (exact) mass is 567 g/mol. The Hall–Kier alpha value is -6.14. The van der Waals surface area contributed by atoms with Crippen molar-refractivity contribution in [3.05, 3.63) is 152 Å². The minimum absolute atomic E-state index is 0.733. The number of hydrogen-bond acceptors (Lipinski definition) is 3. The van der Waals surface area contributed by atoms with Crippen LogP contribution in [-0.2, 0) is 0 Å². The van der Waals surface area contributed by atoms with Crippen LogP contribution in [0.2, 0.25) is 0 Å². The molecule has 0 fully saturated rings. The third kappa shape index (κ3) is 3.82. The van der Waals surface area contributed by atoms with Gasteiger partial charge in [-0.05, 0) is 54.6 Å². The number of para-hydroxylation sites is 3. The molecule has 0 aliphatic carbocycles. The molecule has 4 heterocycles. The van der Waals surface area contributed by atoms with Gasteiger partial charge in [-0.25, -0.2) is 9.67 Å². The summed E-state index contributed by atoms with van der Waals surface area (Å²) in [6.07, 6.45) is 5.80. The van der Waals surface area contributed by atoms with Crippen LogP contribution in [0.25, 0.3) is 60.8 Å². The van der Waals surface area contributed by atoms with E-state index in [9.17, 15) is 0 Å². The van der Waals surface area contributed by atoms with Gasteiger partial charge < -0.3 is 9.30 Å². The zero-order valence-electron chi connectivity index (χ0n) is 23.6. The molecule has 6 heteroatoms. The van der Waals surface area contributed by atoms with Crippen molar-refractivity contribution in [2.24, 2.45) is 0 Å². The van der Waals surface area contributed by atoms with Gasteiger partial charge in [0.15, 0.2) is 0 Å². The van der Waals surface area contributed by atoms with Crippen molar-refractivity contribution >= 4 is 43.6 Å². The van der Waals surface area contributed by atoms with Crippen molar-refractivity contribution in [1.29, 1.82) is 0 Å². The Morgan fingerprint density at radius 1 is 0.477 bits per heavy atom. The lowest BCUT2D eigenvalue weighted by Crippen LogP contribution is -1.97. The largest absolute Gasteiger partial charge is 0.457 e. The summed E-state index contributed by atoms with van der Waals surface area (Å²) in [5.74, 6) is 2.35. The molecule has 208 valence electrons. The van der Waals surface area contributed by atoms with Crippen molar-refractivity contribution in [2.75, 3.05) is 0 Å². The molecule has 0 bridgehead atoms. The second-order valence-electron chi connectivity index (χ2n) is 10.8. The van der Waals surface area contributed by atoms with Crippen LogP contribution in [0.1, 0.15) is 0 Å². The van der Waals surface area contributed by atoms with Crippen LogP contribution in [0.5, 0.6) is 11.5 Å². The van der Waals surface area contributed by atoms with E-state index in [0.29, 0.717) is 0 Å². The number of hydrogen-bond donors (Lipinski definition) is 0. The fourth-order valence-electron chi connectivity index (χ4n) is 6.34. The maximum absolute atomic E-state index is 6.45. The van der Waals surface area contributed by atoms with Gasteiger partial charge in [0.1, 0.15) is 17.3 Å². The quantitative estimate of drug-likeness (QED) is 0.208. The standard InChI is InChI=1S/C38H25N5O/c1-4-15-34-30(12-1)31-13-2-5-16-35(31)42(34)27-24-40-41(25-27)26-10-9-11-28(22-26)44-29-19-20-33-32-14-3-6-17-36(32)43(37(33)23-29)38-18-7-8-21-39-38/h1-25H. The number of aromatic nitrogens is 5. The molecule has 0 aliphatic heterocycles. The van der Waals surface area contributed by atoms with E-state index in [-0.39, 0.29) is 0 Å². The highest BCUT2D eigenvalue weighted by atomic mass is 16.5. The summed E-state index contributed by atoms with van der Waals surface area (Å²) in [4.78, 5) is 4.64. The van der Waals surface area contributed by atoms with Crippen molar-refractivity contribution in [3.8, 4) is 28.7 Å². The first-order valence-corrected chi connectivity index (χ1v) is 14.6. The van der Waals surface area contributed by atoms with Crippen LogP contribution in [0.4, 0.5) is 0 Å². The summed E-state index contributed by atoms with van der Waals surface area (Å²) in [5, 5.41) is 9.53. The van der Waals surface area contributed by atoms with E-state index in [1.165, 1.54) is 16.2 Å². The van der Waals surface area contributed by atoms with Crippen LogP contribution >= 0.6 is 0 Å². The molecule has 0 aliphatic rings. The molecule has 6 nitrogen and oxygen atoms in total. The summed E-state index contributed by atoms with van der Waals surface area (Å²) in [7, 11) is 0. The van der Waals surface area contributed by atoms with E-state index >= 15 is 0 Å². The summed E-state index contributed by atoms with van der Waals surface area (Å²) in [5.41, 5.74) is 6.38. The highest BCUT2D eigenvalue weighted by Gasteiger charge is 2.15. The highest BCUT2D eigenvalue weighted by Crippen LogP contribution is 2.35. The van der Waals surface area contributed by atoms with E-state index < -0.39 is 0 Å². The number of pyridine rings is 1.